The number of hydrogen-bond donors (Lipinski definition) is 1. The number of nitrogens with zero attached hydrogens (tertiary/aromatic N) is 1. The van der Waals surface area contributed by atoms with Gasteiger partial charge in [0.2, 0.25) is 13.1 Å². The SMILES string of the molecule is O=C(C1=CC(c2ccc3c(c2)OCO3)CC(OCCCCO)O1)N1CCOCCOCCOCCOCC1. The van der Waals surface area contributed by atoms with Gasteiger partial charge >= 0.3 is 0 Å². The van der Waals surface area contributed by atoms with Gasteiger partial charge in [-0.3, -0.25) is 4.79 Å². The summed E-state index contributed by atoms with van der Waals surface area (Å²) in [7, 11) is 0. The first kappa shape index (κ1) is 28.6. The average molecular weight is 538 g/mol. The van der Waals surface area contributed by atoms with Gasteiger partial charge in [-0.25, -0.2) is 0 Å². The van der Waals surface area contributed by atoms with Crippen molar-refractivity contribution in [1.82, 2.24) is 4.90 Å². The number of ether oxygens (including phenoxy) is 8. The molecule has 1 fully saturated rings. The van der Waals surface area contributed by atoms with Gasteiger partial charge in [0.1, 0.15) is 0 Å². The van der Waals surface area contributed by atoms with Gasteiger partial charge in [0.15, 0.2) is 17.3 Å². The van der Waals surface area contributed by atoms with Gasteiger partial charge in [-0.15, -0.1) is 0 Å². The lowest BCUT2D eigenvalue weighted by atomic mass is 9.92. The summed E-state index contributed by atoms with van der Waals surface area (Å²) < 4.78 is 45.3. The molecule has 2 atom stereocenters. The van der Waals surface area contributed by atoms with Gasteiger partial charge in [0.25, 0.3) is 5.91 Å². The van der Waals surface area contributed by atoms with E-state index in [-0.39, 0.29) is 31.0 Å². The Labute approximate surface area is 223 Å². The maximum Gasteiger partial charge on any atom is 0.288 e. The molecular formula is C27H39NO10. The van der Waals surface area contributed by atoms with E-state index in [4.69, 9.17) is 43.0 Å². The van der Waals surface area contributed by atoms with Gasteiger partial charge < -0.3 is 47.9 Å². The van der Waals surface area contributed by atoms with E-state index in [9.17, 15) is 4.79 Å². The standard InChI is InChI=1S/C27H39NO10/c29-7-1-2-8-35-26-19-22(21-3-4-23-24(17-21)37-20-36-23)18-25(38-26)27(30)28-5-9-31-11-13-33-15-16-34-14-12-32-10-6-28/h3-4,17-18,22,26,29H,1-2,5-16,19-20H2. The zero-order valence-electron chi connectivity index (χ0n) is 21.8. The average Bonchev–Trinajstić information content (AvgIpc) is 3.41. The Morgan fingerprint density at radius 3 is 2.24 bits per heavy atom. The molecule has 3 aliphatic heterocycles. The number of benzene rings is 1. The van der Waals surface area contributed by atoms with Gasteiger partial charge in [-0.1, -0.05) is 6.07 Å². The van der Waals surface area contributed by atoms with Crippen LogP contribution in [0, 0.1) is 0 Å². The Hall–Kier alpha value is -2.41. The highest BCUT2D eigenvalue weighted by Crippen LogP contribution is 2.38. The van der Waals surface area contributed by atoms with E-state index < -0.39 is 6.29 Å². The third-order valence-electron chi connectivity index (χ3n) is 6.36. The summed E-state index contributed by atoms with van der Waals surface area (Å²) in [4.78, 5) is 15.4. The second-order valence-electron chi connectivity index (χ2n) is 9.08. The lowest BCUT2D eigenvalue weighted by Gasteiger charge is -2.32. The van der Waals surface area contributed by atoms with E-state index in [2.05, 4.69) is 0 Å². The number of carbonyl (C=O) groups is 1. The number of amides is 1. The number of hydrogen-bond acceptors (Lipinski definition) is 10. The Morgan fingerprint density at radius 2 is 1.55 bits per heavy atom. The minimum absolute atomic E-state index is 0.107. The summed E-state index contributed by atoms with van der Waals surface area (Å²) in [6.07, 6.45) is 3.14. The van der Waals surface area contributed by atoms with Crippen LogP contribution in [0.1, 0.15) is 30.7 Å². The van der Waals surface area contributed by atoms with E-state index in [1.54, 1.807) is 4.90 Å². The number of carbonyl (C=O) groups excluding carboxylic acids is 1. The number of fused-ring (bicyclic) bond motifs is 1. The largest absolute Gasteiger partial charge is 0.459 e. The van der Waals surface area contributed by atoms with E-state index >= 15 is 0 Å². The first-order chi connectivity index (χ1) is 18.7. The molecule has 1 N–H and O–H groups in total. The Balaban J connectivity index is 1.46. The van der Waals surface area contributed by atoms with E-state index in [1.807, 2.05) is 24.3 Å². The van der Waals surface area contributed by atoms with Crippen LogP contribution >= 0.6 is 0 Å². The highest BCUT2D eigenvalue weighted by molar-refractivity contribution is 5.91. The van der Waals surface area contributed by atoms with Crippen LogP contribution in [0.15, 0.2) is 30.0 Å². The second kappa shape index (κ2) is 15.9. The highest BCUT2D eigenvalue weighted by Gasteiger charge is 2.31. The molecule has 1 amide bonds. The van der Waals surface area contributed by atoms with E-state index in [0.29, 0.717) is 103 Å². The van der Waals surface area contributed by atoms with Crippen LogP contribution in [-0.4, -0.2) is 108 Å². The van der Waals surface area contributed by atoms with Crippen LogP contribution in [0.3, 0.4) is 0 Å². The molecule has 4 rings (SSSR count). The maximum absolute atomic E-state index is 13.7. The number of unbranched alkanes of at least 4 members (excludes halogenated alkanes) is 1. The molecule has 38 heavy (non-hydrogen) atoms. The molecule has 11 heteroatoms. The van der Waals surface area contributed by atoms with Crippen LogP contribution in [0.25, 0.3) is 0 Å². The van der Waals surface area contributed by atoms with Gasteiger partial charge in [0, 0.05) is 32.0 Å². The predicted molar refractivity (Wildman–Crippen MR) is 135 cm³/mol. The fourth-order valence-corrected chi connectivity index (χ4v) is 4.30. The van der Waals surface area contributed by atoms with Gasteiger partial charge in [-0.05, 0) is 36.6 Å². The zero-order valence-corrected chi connectivity index (χ0v) is 21.8. The third kappa shape index (κ3) is 8.82. The second-order valence-corrected chi connectivity index (χ2v) is 9.08. The molecular weight excluding hydrogens is 498 g/mol. The predicted octanol–water partition coefficient (Wildman–Crippen LogP) is 1.83. The molecule has 3 heterocycles. The minimum Gasteiger partial charge on any atom is -0.459 e. The summed E-state index contributed by atoms with van der Waals surface area (Å²) >= 11 is 0. The summed E-state index contributed by atoms with van der Waals surface area (Å²) in [5.74, 6) is 1.25. The molecule has 2 unspecified atom stereocenters. The van der Waals surface area contributed by atoms with Crippen LogP contribution in [-0.2, 0) is 33.2 Å². The van der Waals surface area contributed by atoms with Crippen molar-refractivity contribution in [3.05, 3.63) is 35.6 Å². The van der Waals surface area contributed by atoms with Crippen molar-refractivity contribution in [2.24, 2.45) is 0 Å². The lowest BCUT2D eigenvalue weighted by molar-refractivity contribution is -0.153. The lowest BCUT2D eigenvalue weighted by Crippen LogP contribution is -2.40. The van der Waals surface area contributed by atoms with Crippen LogP contribution in [0.2, 0.25) is 0 Å². The Bertz CT molecular complexity index is 879. The number of allylic oxidation sites excluding steroid dienone is 1. The number of aliphatic hydroxyl groups excluding tert-OH is 1. The summed E-state index contributed by atoms with van der Waals surface area (Å²) in [5.41, 5.74) is 0.982. The highest BCUT2D eigenvalue weighted by atomic mass is 16.7. The van der Waals surface area contributed by atoms with Crippen molar-refractivity contribution in [2.75, 3.05) is 86.0 Å². The maximum atomic E-state index is 13.7. The molecule has 1 saturated heterocycles. The summed E-state index contributed by atoms with van der Waals surface area (Å²) in [6.45, 7) is 5.06. The van der Waals surface area contributed by atoms with Crippen molar-refractivity contribution < 1.29 is 47.8 Å². The molecule has 11 nitrogen and oxygen atoms in total. The number of aliphatic hydroxyl groups is 1. The van der Waals surface area contributed by atoms with E-state index in [0.717, 1.165) is 5.56 Å². The van der Waals surface area contributed by atoms with Crippen molar-refractivity contribution in [1.29, 1.82) is 0 Å². The number of rotatable bonds is 7. The van der Waals surface area contributed by atoms with Crippen molar-refractivity contribution in [3.63, 3.8) is 0 Å². The molecule has 212 valence electrons. The molecule has 0 radical (unpaired) electrons. The van der Waals surface area contributed by atoms with Crippen molar-refractivity contribution in [2.45, 2.75) is 31.5 Å². The van der Waals surface area contributed by atoms with Crippen LogP contribution in [0.4, 0.5) is 0 Å². The van der Waals surface area contributed by atoms with Gasteiger partial charge in [-0.2, -0.15) is 0 Å². The van der Waals surface area contributed by atoms with E-state index in [1.165, 1.54) is 0 Å². The zero-order chi connectivity index (χ0) is 26.4. The quantitative estimate of drug-likeness (QED) is 0.517. The third-order valence-corrected chi connectivity index (χ3v) is 6.36. The smallest absolute Gasteiger partial charge is 0.288 e. The minimum atomic E-state index is -0.599. The molecule has 0 aliphatic carbocycles. The van der Waals surface area contributed by atoms with Gasteiger partial charge in [0.05, 0.1) is 59.5 Å². The first-order valence-electron chi connectivity index (χ1n) is 13.4. The van der Waals surface area contributed by atoms with Crippen LogP contribution < -0.4 is 9.47 Å². The van der Waals surface area contributed by atoms with Crippen molar-refractivity contribution in [3.8, 4) is 11.5 Å². The first-order valence-corrected chi connectivity index (χ1v) is 13.4. The molecule has 0 bridgehead atoms. The normalized spacial score (nSPS) is 23.6. The molecule has 3 aliphatic rings. The Kier molecular flexibility index (Phi) is 11.9. The monoisotopic (exact) mass is 537 g/mol. The summed E-state index contributed by atoms with van der Waals surface area (Å²) in [5, 5.41) is 9.08. The Morgan fingerprint density at radius 1 is 0.895 bits per heavy atom. The molecule has 0 spiro atoms. The fourth-order valence-electron chi connectivity index (χ4n) is 4.30. The summed E-state index contributed by atoms with van der Waals surface area (Å²) in [6, 6.07) is 5.79. The van der Waals surface area contributed by atoms with Crippen LogP contribution in [0.5, 0.6) is 11.5 Å². The molecule has 0 aromatic heterocycles. The fraction of sp³-hybridized carbons (Fsp3) is 0.667. The topological polar surface area (TPSA) is 114 Å². The molecule has 1 aromatic rings. The van der Waals surface area contributed by atoms with Crippen molar-refractivity contribution >= 4 is 5.91 Å². The molecule has 0 saturated carbocycles. The molecule has 1 aromatic carbocycles.